The SMILES string of the molecule is CCCC(CCBr)CNC(=O)c1c(C)oc(C)c1C. The number of carbonyl (C=O) groups is 1. The zero-order valence-electron chi connectivity index (χ0n) is 12.3. The molecule has 0 aliphatic rings. The summed E-state index contributed by atoms with van der Waals surface area (Å²) in [5.74, 6) is 2.07. The number of hydrogen-bond donors (Lipinski definition) is 1. The summed E-state index contributed by atoms with van der Waals surface area (Å²) in [6.45, 7) is 8.58. The number of hydrogen-bond acceptors (Lipinski definition) is 2. The molecule has 1 atom stereocenters. The zero-order valence-corrected chi connectivity index (χ0v) is 13.9. The van der Waals surface area contributed by atoms with E-state index in [1.165, 1.54) is 0 Å². The molecule has 1 aromatic rings. The highest BCUT2D eigenvalue weighted by atomic mass is 79.9. The topological polar surface area (TPSA) is 42.2 Å². The Morgan fingerprint density at radius 2 is 1.95 bits per heavy atom. The summed E-state index contributed by atoms with van der Waals surface area (Å²) >= 11 is 3.47. The average Bonchev–Trinajstić information content (AvgIpc) is 2.61. The molecule has 0 saturated heterocycles. The van der Waals surface area contributed by atoms with Gasteiger partial charge < -0.3 is 9.73 Å². The van der Waals surface area contributed by atoms with Crippen LogP contribution >= 0.6 is 15.9 Å². The van der Waals surface area contributed by atoms with Crippen molar-refractivity contribution in [1.82, 2.24) is 5.32 Å². The van der Waals surface area contributed by atoms with Crippen LogP contribution in [0.4, 0.5) is 0 Å². The molecule has 1 rings (SSSR count). The molecule has 1 aromatic heterocycles. The number of amides is 1. The molecule has 108 valence electrons. The number of halogens is 1. The molecule has 0 radical (unpaired) electrons. The van der Waals surface area contributed by atoms with Gasteiger partial charge >= 0.3 is 0 Å². The van der Waals surface area contributed by atoms with E-state index in [9.17, 15) is 4.79 Å². The molecule has 0 fully saturated rings. The Hall–Kier alpha value is -0.770. The fourth-order valence-electron chi connectivity index (χ4n) is 2.36. The Labute approximate surface area is 124 Å². The van der Waals surface area contributed by atoms with Crippen LogP contribution in [0, 0.1) is 26.7 Å². The molecule has 1 unspecified atom stereocenters. The number of furan rings is 1. The predicted octanol–water partition coefficient (Wildman–Crippen LogP) is 4.14. The van der Waals surface area contributed by atoms with Gasteiger partial charge in [0.15, 0.2) is 0 Å². The molecule has 4 heteroatoms. The van der Waals surface area contributed by atoms with Crippen molar-refractivity contribution >= 4 is 21.8 Å². The Bertz CT molecular complexity index is 420. The van der Waals surface area contributed by atoms with Gasteiger partial charge in [0, 0.05) is 17.4 Å². The first-order chi connectivity index (χ1) is 9.01. The van der Waals surface area contributed by atoms with E-state index in [1.54, 1.807) is 0 Å². The molecule has 0 saturated carbocycles. The minimum absolute atomic E-state index is 0.0116. The minimum Gasteiger partial charge on any atom is -0.466 e. The number of rotatable bonds is 7. The number of alkyl halides is 1. The molecule has 0 spiro atoms. The first kappa shape index (κ1) is 16.3. The molecule has 19 heavy (non-hydrogen) atoms. The molecule has 0 aliphatic heterocycles. The molecule has 0 aromatic carbocycles. The standard InChI is InChI=1S/C15H24BrNO2/c1-5-6-13(7-8-16)9-17-15(18)14-10(2)11(3)19-12(14)4/h13H,5-9H2,1-4H3,(H,17,18). The van der Waals surface area contributed by atoms with E-state index in [2.05, 4.69) is 28.2 Å². The molecule has 0 aliphatic carbocycles. The van der Waals surface area contributed by atoms with Gasteiger partial charge in [-0.05, 0) is 39.5 Å². The molecular formula is C15H24BrNO2. The second kappa shape index (κ2) is 7.73. The number of carbonyl (C=O) groups excluding carboxylic acids is 1. The van der Waals surface area contributed by atoms with Crippen molar-refractivity contribution in [2.45, 2.75) is 47.0 Å². The Morgan fingerprint density at radius 3 is 2.42 bits per heavy atom. The van der Waals surface area contributed by atoms with E-state index >= 15 is 0 Å². The fourth-order valence-corrected chi connectivity index (χ4v) is 3.01. The molecule has 1 amide bonds. The van der Waals surface area contributed by atoms with E-state index in [0.717, 1.165) is 42.5 Å². The Balaban J connectivity index is 2.64. The van der Waals surface area contributed by atoms with Crippen molar-refractivity contribution in [2.75, 3.05) is 11.9 Å². The highest BCUT2D eigenvalue weighted by molar-refractivity contribution is 9.09. The third-order valence-corrected chi connectivity index (χ3v) is 4.01. The van der Waals surface area contributed by atoms with Crippen LogP contribution in [0.1, 0.15) is 53.6 Å². The first-order valence-corrected chi connectivity index (χ1v) is 8.04. The largest absolute Gasteiger partial charge is 0.466 e. The van der Waals surface area contributed by atoms with Gasteiger partial charge in [-0.15, -0.1) is 0 Å². The highest BCUT2D eigenvalue weighted by Crippen LogP contribution is 2.20. The van der Waals surface area contributed by atoms with E-state index in [0.29, 0.717) is 17.2 Å². The van der Waals surface area contributed by atoms with Crippen molar-refractivity contribution in [1.29, 1.82) is 0 Å². The monoisotopic (exact) mass is 329 g/mol. The van der Waals surface area contributed by atoms with Gasteiger partial charge in [-0.2, -0.15) is 0 Å². The summed E-state index contributed by atoms with van der Waals surface area (Å²) in [4.78, 5) is 12.2. The van der Waals surface area contributed by atoms with Crippen LogP contribution in [0.2, 0.25) is 0 Å². The molecular weight excluding hydrogens is 306 g/mol. The van der Waals surface area contributed by atoms with Gasteiger partial charge in [-0.3, -0.25) is 4.79 Å². The number of aryl methyl sites for hydroxylation is 2. The summed E-state index contributed by atoms with van der Waals surface area (Å²) in [7, 11) is 0. The first-order valence-electron chi connectivity index (χ1n) is 6.92. The lowest BCUT2D eigenvalue weighted by Gasteiger charge is -2.15. The van der Waals surface area contributed by atoms with E-state index < -0.39 is 0 Å². The molecule has 0 bridgehead atoms. The average molecular weight is 330 g/mol. The lowest BCUT2D eigenvalue weighted by molar-refractivity contribution is 0.0944. The fraction of sp³-hybridized carbons (Fsp3) is 0.667. The van der Waals surface area contributed by atoms with Gasteiger partial charge in [0.05, 0.1) is 5.56 Å². The minimum atomic E-state index is -0.0116. The van der Waals surface area contributed by atoms with Crippen LogP contribution < -0.4 is 5.32 Å². The molecule has 1 heterocycles. The van der Waals surface area contributed by atoms with Crippen molar-refractivity contribution < 1.29 is 9.21 Å². The summed E-state index contributed by atoms with van der Waals surface area (Å²) < 4.78 is 5.50. The molecule has 3 nitrogen and oxygen atoms in total. The highest BCUT2D eigenvalue weighted by Gasteiger charge is 2.19. The number of nitrogens with one attached hydrogen (secondary N) is 1. The van der Waals surface area contributed by atoms with Gasteiger partial charge in [0.1, 0.15) is 11.5 Å². The third kappa shape index (κ3) is 4.37. The maximum absolute atomic E-state index is 12.2. The van der Waals surface area contributed by atoms with Crippen LogP contribution in [0.15, 0.2) is 4.42 Å². The maximum Gasteiger partial charge on any atom is 0.255 e. The van der Waals surface area contributed by atoms with E-state index in [-0.39, 0.29) is 5.91 Å². The lowest BCUT2D eigenvalue weighted by Crippen LogP contribution is -2.30. The van der Waals surface area contributed by atoms with Crippen molar-refractivity contribution in [3.05, 3.63) is 22.6 Å². The van der Waals surface area contributed by atoms with Crippen molar-refractivity contribution in [2.24, 2.45) is 5.92 Å². The Morgan fingerprint density at radius 1 is 1.26 bits per heavy atom. The van der Waals surface area contributed by atoms with Crippen LogP contribution in [0.25, 0.3) is 0 Å². The Kier molecular flexibility index (Phi) is 6.63. The van der Waals surface area contributed by atoms with Crippen molar-refractivity contribution in [3.63, 3.8) is 0 Å². The summed E-state index contributed by atoms with van der Waals surface area (Å²) in [6, 6.07) is 0. The van der Waals surface area contributed by atoms with Gasteiger partial charge in [0.25, 0.3) is 5.91 Å². The van der Waals surface area contributed by atoms with Crippen LogP contribution in [0.5, 0.6) is 0 Å². The quantitative estimate of drug-likeness (QED) is 0.764. The van der Waals surface area contributed by atoms with Crippen LogP contribution in [-0.2, 0) is 0 Å². The van der Waals surface area contributed by atoms with Gasteiger partial charge in [-0.1, -0.05) is 29.3 Å². The smallest absolute Gasteiger partial charge is 0.255 e. The second-order valence-corrected chi connectivity index (χ2v) is 5.85. The summed E-state index contributed by atoms with van der Waals surface area (Å²) in [5, 5.41) is 4.03. The van der Waals surface area contributed by atoms with E-state index in [1.807, 2.05) is 20.8 Å². The zero-order chi connectivity index (χ0) is 14.4. The second-order valence-electron chi connectivity index (χ2n) is 5.06. The molecule has 1 N–H and O–H groups in total. The van der Waals surface area contributed by atoms with Gasteiger partial charge in [0.2, 0.25) is 0 Å². The van der Waals surface area contributed by atoms with Crippen LogP contribution in [0.3, 0.4) is 0 Å². The normalized spacial score (nSPS) is 12.5. The van der Waals surface area contributed by atoms with E-state index in [4.69, 9.17) is 4.42 Å². The lowest BCUT2D eigenvalue weighted by atomic mass is 10.0. The third-order valence-electron chi connectivity index (χ3n) is 3.55. The summed E-state index contributed by atoms with van der Waals surface area (Å²) in [5.41, 5.74) is 1.65. The predicted molar refractivity (Wildman–Crippen MR) is 82.1 cm³/mol. The maximum atomic E-state index is 12.2. The summed E-state index contributed by atoms with van der Waals surface area (Å²) in [6.07, 6.45) is 3.39. The van der Waals surface area contributed by atoms with Crippen molar-refractivity contribution in [3.8, 4) is 0 Å². The van der Waals surface area contributed by atoms with Gasteiger partial charge in [-0.25, -0.2) is 0 Å². The van der Waals surface area contributed by atoms with Crippen LogP contribution in [-0.4, -0.2) is 17.8 Å².